The summed E-state index contributed by atoms with van der Waals surface area (Å²) in [6.45, 7) is 3.49. The van der Waals surface area contributed by atoms with Crippen LogP contribution in [0.1, 0.15) is 27.9 Å². The van der Waals surface area contributed by atoms with Gasteiger partial charge in [-0.2, -0.15) is 5.10 Å². The second kappa shape index (κ2) is 7.59. The van der Waals surface area contributed by atoms with Crippen LogP contribution in [0, 0.1) is 6.92 Å². The quantitative estimate of drug-likeness (QED) is 0.489. The molecule has 2 amide bonds. The highest BCUT2D eigenvalue weighted by Crippen LogP contribution is 2.32. The van der Waals surface area contributed by atoms with Crippen molar-refractivity contribution >= 4 is 45.0 Å². The van der Waals surface area contributed by atoms with Crippen LogP contribution < -0.4 is 11.1 Å². The molecule has 4 rings (SSSR count). The van der Waals surface area contributed by atoms with Crippen molar-refractivity contribution in [1.29, 1.82) is 0 Å². The van der Waals surface area contributed by atoms with Crippen molar-refractivity contribution in [2.45, 2.75) is 19.4 Å². The summed E-state index contributed by atoms with van der Waals surface area (Å²) in [5.41, 5.74) is 6.53. The molecule has 1 atom stereocenters. The number of thiophene rings is 1. The number of aryl methyl sites for hydroxylation is 1. The number of nitrogens with two attached hydrogens (primary N) is 1. The molecule has 4 aromatic rings. The Balaban J connectivity index is 1.72. The number of benzene rings is 2. The van der Waals surface area contributed by atoms with Gasteiger partial charge in [0.25, 0.3) is 5.91 Å². The first-order chi connectivity index (χ1) is 14.3. The van der Waals surface area contributed by atoms with Gasteiger partial charge in [-0.3, -0.25) is 9.59 Å². The van der Waals surface area contributed by atoms with E-state index in [9.17, 15) is 9.59 Å². The van der Waals surface area contributed by atoms with Gasteiger partial charge in [0.1, 0.15) is 10.4 Å². The Labute approximate surface area is 182 Å². The fourth-order valence-electron chi connectivity index (χ4n) is 3.28. The molecule has 0 aliphatic rings. The number of hydrogen-bond acceptors (Lipinski definition) is 4. The third kappa shape index (κ3) is 3.46. The number of nitrogens with zero attached hydrogens (tertiary/aromatic N) is 2. The Hall–Kier alpha value is -3.16. The van der Waals surface area contributed by atoms with Gasteiger partial charge in [-0.05, 0) is 43.7 Å². The average Bonchev–Trinajstić information content (AvgIpc) is 3.29. The Morgan fingerprint density at radius 3 is 2.53 bits per heavy atom. The summed E-state index contributed by atoms with van der Waals surface area (Å²) >= 11 is 7.42. The van der Waals surface area contributed by atoms with Crippen LogP contribution in [0.3, 0.4) is 0 Å². The predicted octanol–water partition coefficient (Wildman–Crippen LogP) is 4.18. The number of primary amides is 1. The molecule has 30 heavy (non-hydrogen) atoms. The molecule has 0 bridgehead atoms. The van der Waals surface area contributed by atoms with E-state index < -0.39 is 11.4 Å². The summed E-state index contributed by atoms with van der Waals surface area (Å²) in [4.78, 5) is 26.6. The number of aromatic nitrogens is 2. The lowest BCUT2D eigenvalue weighted by atomic mass is 9.91. The fraction of sp³-hybridized carbons (Fsp3) is 0.136. The van der Waals surface area contributed by atoms with E-state index >= 15 is 0 Å². The number of halogens is 1. The maximum atomic E-state index is 13.1. The van der Waals surface area contributed by atoms with E-state index in [4.69, 9.17) is 17.3 Å². The fourth-order valence-corrected chi connectivity index (χ4v) is 4.54. The second-order valence-electron chi connectivity index (χ2n) is 7.12. The molecule has 8 heteroatoms. The van der Waals surface area contributed by atoms with Crippen LogP contribution in [0.4, 0.5) is 0 Å². The van der Waals surface area contributed by atoms with Crippen molar-refractivity contribution in [2.24, 2.45) is 5.73 Å². The SMILES string of the molecule is Cc1nn(-c2cccc(Cl)c2)c2sc(C(=O)N[C@@](C)(C(N)=O)c3ccccc3)cc12. The Kier molecular flexibility index (Phi) is 5.09. The molecule has 152 valence electrons. The molecule has 0 spiro atoms. The van der Waals surface area contributed by atoms with E-state index in [0.29, 0.717) is 15.5 Å². The van der Waals surface area contributed by atoms with Crippen LogP contribution in [0.25, 0.3) is 15.9 Å². The highest BCUT2D eigenvalue weighted by molar-refractivity contribution is 7.20. The molecule has 2 heterocycles. The first-order valence-corrected chi connectivity index (χ1v) is 10.4. The number of carbonyl (C=O) groups excluding carboxylic acids is 2. The van der Waals surface area contributed by atoms with Gasteiger partial charge in [0.15, 0.2) is 0 Å². The summed E-state index contributed by atoms with van der Waals surface area (Å²) in [6.07, 6.45) is 0. The molecule has 0 saturated heterocycles. The van der Waals surface area contributed by atoms with E-state index in [-0.39, 0.29) is 5.91 Å². The molecule has 0 aliphatic carbocycles. The first-order valence-electron chi connectivity index (χ1n) is 9.22. The predicted molar refractivity (Wildman–Crippen MR) is 119 cm³/mol. The van der Waals surface area contributed by atoms with Crippen LogP contribution in [0.2, 0.25) is 5.02 Å². The lowest BCUT2D eigenvalue weighted by Crippen LogP contribution is -2.52. The van der Waals surface area contributed by atoms with Crippen molar-refractivity contribution in [3.05, 3.63) is 81.8 Å². The van der Waals surface area contributed by atoms with E-state index in [1.807, 2.05) is 31.2 Å². The molecule has 3 N–H and O–H groups in total. The van der Waals surface area contributed by atoms with E-state index in [1.165, 1.54) is 11.3 Å². The molecular weight excluding hydrogens is 420 g/mol. The highest BCUT2D eigenvalue weighted by atomic mass is 35.5. The zero-order valence-corrected chi connectivity index (χ0v) is 17.9. The van der Waals surface area contributed by atoms with E-state index in [0.717, 1.165) is 21.6 Å². The van der Waals surface area contributed by atoms with Crippen LogP contribution >= 0.6 is 22.9 Å². The minimum atomic E-state index is -1.33. The average molecular weight is 439 g/mol. The number of amides is 2. The Bertz CT molecular complexity index is 1260. The van der Waals surface area contributed by atoms with Gasteiger partial charge in [0.05, 0.1) is 16.3 Å². The van der Waals surface area contributed by atoms with Gasteiger partial charge in [-0.25, -0.2) is 4.68 Å². The monoisotopic (exact) mass is 438 g/mol. The van der Waals surface area contributed by atoms with Crippen molar-refractivity contribution in [2.75, 3.05) is 0 Å². The summed E-state index contributed by atoms with van der Waals surface area (Å²) in [5, 5.41) is 8.85. The van der Waals surface area contributed by atoms with E-state index in [1.54, 1.807) is 48.0 Å². The third-order valence-electron chi connectivity index (χ3n) is 5.03. The van der Waals surface area contributed by atoms with Crippen LogP contribution in [-0.4, -0.2) is 21.6 Å². The van der Waals surface area contributed by atoms with Crippen LogP contribution in [0.5, 0.6) is 0 Å². The topological polar surface area (TPSA) is 90.0 Å². The molecule has 0 aliphatic heterocycles. The van der Waals surface area contributed by atoms with Crippen molar-refractivity contribution in [3.8, 4) is 5.69 Å². The molecular formula is C22H19ClN4O2S. The molecule has 0 radical (unpaired) electrons. The number of rotatable bonds is 5. The van der Waals surface area contributed by atoms with Gasteiger partial charge < -0.3 is 11.1 Å². The van der Waals surface area contributed by atoms with Gasteiger partial charge in [-0.1, -0.05) is 48.0 Å². The number of hydrogen-bond donors (Lipinski definition) is 2. The molecule has 0 unspecified atom stereocenters. The van der Waals surface area contributed by atoms with Gasteiger partial charge >= 0.3 is 0 Å². The third-order valence-corrected chi connectivity index (χ3v) is 6.37. The summed E-state index contributed by atoms with van der Waals surface area (Å²) in [6, 6.07) is 18.1. The maximum absolute atomic E-state index is 13.1. The number of carbonyl (C=O) groups is 2. The number of fused-ring (bicyclic) bond motifs is 1. The molecule has 2 aromatic carbocycles. The van der Waals surface area contributed by atoms with Crippen LogP contribution in [0.15, 0.2) is 60.7 Å². The lowest BCUT2D eigenvalue weighted by Gasteiger charge is -2.27. The molecule has 6 nitrogen and oxygen atoms in total. The summed E-state index contributed by atoms with van der Waals surface area (Å²) in [7, 11) is 0. The summed E-state index contributed by atoms with van der Waals surface area (Å²) in [5.74, 6) is -1.01. The first kappa shape index (κ1) is 20.1. The van der Waals surface area contributed by atoms with Crippen molar-refractivity contribution in [3.63, 3.8) is 0 Å². The minimum absolute atomic E-state index is 0.376. The van der Waals surface area contributed by atoms with Crippen molar-refractivity contribution < 1.29 is 9.59 Å². The lowest BCUT2D eigenvalue weighted by molar-refractivity contribution is -0.123. The van der Waals surface area contributed by atoms with Gasteiger partial charge in [-0.15, -0.1) is 11.3 Å². The molecule has 0 saturated carbocycles. The van der Waals surface area contributed by atoms with E-state index in [2.05, 4.69) is 10.4 Å². The summed E-state index contributed by atoms with van der Waals surface area (Å²) < 4.78 is 1.77. The Morgan fingerprint density at radius 2 is 1.87 bits per heavy atom. The maximum Gasteiger partial charge on any atom is 0.262 e. The Morgan fingerprint density at radius 1 is 1.13 bits per heavy atom. The standard InChI is InChI=1S/C22H19ClN4O2S/c1-13-17-12-18(30-20(17)27(26-13)16-10-6-9-15(23)11-16)19(28)25-22(2,21(24)29)14-7-4-3-5-8-14/h3-12H,1-2H3,(H2,24,29)(H,25,28)/t22-/m1/s1. The smallest absolute Gasteiger partial charge is 0.262 e. The largest absolute Gasteiger partial charge is 0.367 e. The number of nitrogens with one attached hydrogen (secondary N) is 1. The zero-order valence-electron chi connectivity index (χ0n) is 16.3. The van der Waals surface area contributed by atoms with Crippen molar-refractivity contribution in [1.82, 2.24) is 15.1 Å². The minimum Gasteiger partial charge on any atom is -0.367 e. The normalized spacial score (nSPS) is 13.2. The van der Waals surface area contributed by atoms with Gasteiger partial charge in [0.2, 0.25) is 5.91 Å². The second-order valence-corrected chi connectivity index (χ2v) is 8.58. The zero-order chi connectivity index (χ0) is 21.5. The highest BCUT2D eigenvalue weighted by Gasteiger charge is 2.35. The van der Waals surface area contributed by atoms with Crippen LogP contribution in [-0.2, 0) is 10.3 Å². The molecule has 0 fully saturated rings. The molecule has 2 aromatic heterocycles. The van der Waals surface area contributed by atoms with Gasteiger partial charge in [0, 0.05) is 10.4 Å².